The third kappa shape index (κ3) is 5.56. The minimum Gasteiger partial charge on any atom is -0.386 e. The lowest BCUT2D eigenvalue weighted by atomic mass is 10.1. The van der Waals surface area contributed by atoms with Crippen molar-refractivity contribution in [2.24, 2.45) is 0 Å². The molecule has 238 valence electrons. The van der Waals surface area contributed by atoms with Crippen molar-refractivity contribution in [3.63, 3.8) is 0 Å². The fourth-order valence-corrected chi connectivity index (χ4v) is 8.34. The summed E-state index contributed by atoms with van der Waals surface area (Å²) in [4.78, 5) is 12.4. The number of aliphatic hydroxyl groups excluding tert-OH is 1. The highest BCUT2D eigenvalue weighted by Gasteiger charge is 2.83. The molecule has 2 aromatic rings. The van der Waals surface area contributed by atoms with Crippen LogP contribution in [0.25, 0.3) is 10.8 Å². The fraction of sp³-hybridized carbons (Fsp3) is 0.316. The molecule has 0 radical (unpaired) electrons. The first-order valence-electron chi connectivity index (χ1n) is 10.2. The summed E-state index contributed by atoms with van der Waals surface area (Å²) in [5, 5.41) is -6.37. The van der Waals surface area contributed by atoms with Gasteiger partial charge in [-0.05, 0) is 29.9 Å². The number of hydrogen-bond donors (Lipinski definition) is 2. The molecule has 0 amide bonds. The van der Waals surface area contributed by atoms with Crippen LogP contribution in [0.2, 0.25) is 0 Å². The van der Waals surface area contributed by atoms with Gasteiger partial charge in [-0.1, -0.05) is 35.0 Å². The van der Waals surface area contributed by atoms with Crippen LogP contribution in [0.3, 0.4) is 0 Å². The molecule has 10 nitrogen and oxygen atoms in total. The first-order valence-corrected chi connectivity index (χ1v) is 16.7. The molecule has 0 heterocycles. The highest BCUT2D eigenvalue weighted by atomic mass is 32.3. The number of alkyl halides is 9. The van der Waals surface area contributed by atoms with E-state index in [0.29, 0.717) is 6.07 Å². The molecule has 0 fully saturated rings. The number of carbonyl (C=O) groups is 1. The molecule has 2 rings (SSSR count). The Hall–Kier alpha value is -2.60. The number of halogens is 9. The maximum Gasteiger partial charge on any atom is 0.512 e. The zero-order chi connectivity index (χ0) is 33.0. The van der Waals surface area contributed by atoms with Crippen molar-refractivity contribution < 1.29 is 78.9 Å². The standard InChI is InChI=1S/C19H16F9NO9S4/c1-3-15(31)39(2,10-30)14-9-8-13(11-6-4-5-7-12(11)14)38-42(36,37)18(24,25)16(20,21)17(22,23)40(32,33)29-41(34,35)19(26,27)28/h3-9,29-30H,1,10H2,2H3. The number of fused-ring (bicyclic) bond motifs is 1. The van der Waals surface area contributed by atoms with Gasteiger partial charge in [0.15, 0.2) is 10.9 Å². The number of sulfonamides is 2. The van der Waals surface area contributed by atoms with E-state index in [9.17, 15) is 74.7 Å². The van der Waals surface area contributed by atoms with Gasteiger partial charge in [-0.15, -0.1) is 10.0 Å². The molecule has 0 saturated carbocycles. The number of carbonyl (C=O) groups excluding carboxylic acids is 1. The van der Waals surface area contributed by atoms with Crippen LogP contribution >= 0.6 is 10.0 Å². The van der Waals surface area contributed by atoms with E-state index in [-0.39, 0.29) is 10.3 Å². The molecule has 0 bridgehead atoms. The number of hydrogen-bond acceptors (Lipinski definition) is 9. The van der Waals surface area contributed by atoms with Gasteiger partial charge in [0.1, 0.15) is 0 Å². The van der Waals surface area contributed by atoms with E-state index in [0.717, 1.165) is 30.3 Å². The topological polar surface area (TPSA) is 161 Å². The quantitative estimate of drug-likeness (QED) is 0.203. The second kappa shape index (κ2) is 10.8. The third-order valence-corrected chi connectivity index (χ3v) is 12.8. The zero-order valence-electron chi connectivity index (χ0n) is 20.2. The van der Waals surface area contributed by atoms with Gasteiger partial charge in [0.2, 0.25) is 0 Å². The number of rotatable bonds is 11. The van der Waals surface area contributed by atoms with E-state index in [1.807, 2.05) is 0 Å². The van der Waals surface area contributed by atoms with Crippen LogP contribution in [0.1, 0.15) is 0 Å². The molecule has 0 aliphatic carbocycles. The summed E-state index contributed by atoms with van der Waals surface area (Å²) in [6, 6.07) is 5.80. The Morgan fingerprint density at radius 1 is 0.857 bits per heavy atom. The molecule has 23 heteroatoms. The summed E-state index contributed by atoms with van der Waals surface area (Å²) in [5.74, 6) is -9.75. The zero-order valence-corrected chi connectivity index (χ0v) is 23.5. The van der Waals surface area contributed by atoms with Crippen LogP contribution in [-0.4, -0.2) is 69.6 Å². The van der Waals surface area contributed by atoms with Crippen LogP contribution in [0.5, 0.6) is 5.75 Å². The van der Waals surface area contributed by atoms with Gasteiger partial charge in [-0.25, -0.2) is 16.8 Å². The molecule has 42 heavy (non-hydrogen) atoms. The minimum atomic E-state index is -7.95. The molecule has 0 aliphatic heterocycles. The van der Waals surface area contributed by atoms with E-state index >= 15 is 0 Å². The average molecular weight is 702 g/mol. The van der Waals surface area contributed by atoms with Gasteiger partial charge in [0.05, 0.1) is 5.94 Å². The molecule has 1 unspecified atom stereocenters. The van der Waals surface area contributed by atoms with Crippen LogP contribution in [0.4, 0.5) is 39.5 Å². The highest BCUT2D eigenvalue weighted by Crippen LogP contribution is 2.56. The summed E-state index contributed by atoms with van der Waals surface area (Å²) in [6.07, 6.45) is 2.10. The monoisotopic (exact) mass is 701 g/mol. The lowest BCUT2D eigenvalue weighted by Gasteiger charge is -2.33. The number of aliphatic hydroxyl groups is 1. The van der Waals surface area contributed by atoms with Crippen molar-refractivity contribution in [3.8, 4) is 5.75 Å². The normalized spacial score (nSPS) is 16.5. The predicted octanol–water partition coefficient (Wildman–Crippen LogP) is 3.59. The molecular weight excluding hydrogens is 685 g/mol. The Labute approximate surface area is 232 Å². The molecule has 0 saturated heterocycles. The Morgan fingerprint density at radius 2 is 1.36 bits per heavy atom. The average Bonchev–Trinajstić information content (AvgIpc) is 2.86. The van der Waals surface area contributed by atoms with Crippen molar-refractivity contribution in [2.75, 3.05) is 12.2 Å². The molecule has 0 aromatic heterocycles. The lowest BCUT2D eigenvalue weighted by Crippen LogP contribution is -2.64. The molecule has 1 atom stereocenters. The molecule has 2 N–H and O–H groups in total. The lowest BCUT2D eigenvalue weighted by molar-refractivity contribution is -0.245. The first-order chi connectivity index (χ1) is 18.7. The third-order valence-electron chi connectivity index (χ3n) is 5.30. The first kappa shape index (κ1) is 35.6. The van der Waals surface area contributed by atoms with Crippen LogP contribution in [0.15, 0.2) is 53.9 Å². The Kier molecular flexibility index (Phi) is 9.18. The smallest absolute Gasteiger partial charge is 0.386 e. The summed E-state index contributed by atoms with van der Waals surface area (Å²) in [7, 11) is -25.6. The summed E-state index contributed by atoms with van der Waals surface area (Å²) in [5.41, 5.74) is -6.71. The summed E-state index contributed by atoms with van der Waals surface area (Å²) in [6.45, 7) is 3.27. The Bertz CT molecular complexity index is 1740. The van der Waals surface area contributed by atoms with E-state index in [2.05, 4.69) is 10.8 Å². The highest BCUT2D eigenvalue weighted by molar-refractivity contribution is 8.45. The molecule has 0 aliphatic rings. The van der Waals surface area contributed by atoms with Crippen molar-refractivity contribution >= 4 is 56.1 Å². The second-order valence-electron chi connectivity index (χ2n) is 8.03. The van der Waals surface area contributed by atoms with E-state index < -0.39 is 88.5 Å². The van der Waals surface area contributed by atoms with Gasteiger partial charge >= 0.3 is 42.1 Å². The van der Waals surface area contributed by atoms with Gasteiger partial charge < -0.3 is 9.29 Å². The minimum absolute atomic E-state index is 0.0260. The summed E-state index contributed by atoms with van der Waals surface area (Å²) < 4.78 is 195. The molecule has 2 aromatic carbocycles. The van der Waals surface area contributed by atoms with Crippen molar-refractivity contribution in [1.29, 1.82) is 0 Å². The van der Waals surface area contributed by atoms with Crippen LogP contribution in [-0.2, 0) is 35.0 Å². The van der Waals surface area contributed by atoms with Crippen molar-refractivity contribution in [3.05, 3.63) is 49.1 Å². The number of benzene rings is 2. The fourth-order valence-electron chi connectivity index (χ4n) is 3.04. The van der Waals surface area contributed by atoms with Crippen molar-refractivity contribution in [2.45, 2.75) is 26.8 Å². The maximum atomic E-state index is 14.5. The van der Waals surface area contributed by atoms with E-state index in [1.165, 1.54) is 12.3 Å². The predicted molar refractivity (Wildman–Crippen MR) is 129 cm³/mol. The van der Waals surface area contributed by atoms with E-state index in [4.69, 9.17) is 0 Å². The van der Waals surface area contributed by atoms with Crippen LogP contribution in [0, 0.1) is 0 Å². The largest absolute Gasteiger partial charge is 0.512 e. The second-order valence-corrected chi connectivity index (χ2v) is 16.5. The Balaban J connectivity index is 2.68. The van der Waals surface area contributed by atoms with Crippen LogP contribution < -0.4 is 8.31 Å². The SMILES string of the molecule is C=CC(=O)S(C)(CO)c1ccc(OS(=O)(=O)C(F)(F)C(F)(F)C(F)(F)S(=O)(=O)NS(=O)(=O)C(F)(F)F)c2ccccc12. The molecular formula is C19H16F9NO9S4. The van der Waals surface area contributed by atoms with Gasteiger partial charge in [-0.3, -0.25) is 4.79 Å². The van der Waals surface area contributed by atoms with Gasteiger partial charge in [0, 0.05) is 10.3 Å². The van der Waals surface area contributed by atoms with Gasteiger partial charge in [0.25, 0.3) is 10.0 Å². The number of nitrogens with one attached hydrogen (secondary N) is 1. The maximum absolute atomic E-state index is 14.5. The van der Waals surface area contributed by atoms with E-state index in [1.54, 1.807) is 0 Å². The summed E-state index contributed by atoms with van der Waals surface area (Å²) >= 11 is 0. The van der Waals surface area contributed by atoms with Crippen molar-refractivity contribution in [1.82, 2.24) is 4.13 Å². The van der Waals surface area contributed by atoms with Gasteiger partial charge in [-0.2, -0.15) is 47.9 Å². The Morgan fingerprint density at radius 3 is 1.81 bits per heavy atom. The molecule has 0 spiro atoms.